The topological polar surface area (TPSA) is 60.4 Å². The number of carbonyl (C=O) groups is 3. The molecule has 0 aromatic rings. The van der Waals surface area contributed by atoms with Gasteiger partial charge in [0.2, 0.25) is 0 Å². The largest absolute Gasteiger partial charge is 0.381 e. The summed E-state index contributed by atoms with van der Waals surface area (Å²) in [5.41, 5.74) is 0. The van der Waals surface area contributed by atoms with Crippen molar-refractivity contribution in [3.63, 3.8) is 0 Å². The molecule has 1 heterocycles. The van der Waals surface area contributed by atoms with Gasteiger partial charge in [0, 0.05) is 38.5 Å². The van der Waals surface area contributed by atoms with Gasteiger partial charge in [-0.3, -0.25) is 14.4 Å². The average Bonchev–Trinajstić information content (AvgIpc) is 2.25. The van der Waals surface area contributed by atoms with E-state index in [0.717, 1.165) is 0 Å². The lowest BCUT2D eigenvalue weighted by atomic mass is 9.98. The maximum absolute atomic E-state index is 10.5. The molecular formula is C11H16O4. The smallest absolute Gasteiger partial charge is 0.137 e. The molecule has 4 heteroatoms. The third-order valence-electron chi connectivity index (χ3n) is 2.42. The van der Waals surface area contributed by atoms with Crippen LogP contribution in [0.3, 0.4) is 0 Å². The highest BCUT2D eigenvalue weighted by Gasteiger charge is 2.13. The lowest BCUT2D eigenvalue weighted by Crippen LogP contribution is -2.14. The Morgan fingerprint density at radius 3 is 1.20 bits per heavy atom. The highest BCUT2D eigenvalue weighted by atomic mass is 16.5. The quantitative estimate of drug-likeness (QED) is 0.602. The summed E-state index contributed by atoms with van der Waals surface area (Å²) < 4.78 is 4.92. The average molecular weight is 212 g/mol. The Morgan fingerprint density at radius 2 is 0.933 bits per heavy atom. The van der Waals surface area contributed by atoms with Crippen molar-refractivity contribution in [1.29, 1.82) is 0 Å². The summed E-state index contributed by atoms with van der Waals surface area (Å²) in [6, 6.07) is 0. The Kier molecular flexibility index (Phi) is 5.18. The molecular weight excluding hydrogens is 196 g/mol. The second-order valence-corrected chi connectivity index (χ2v) is 3.73. The first-order valence-electron chi connectivity index (χ1n) is 5.31. The van der Waals surface area contributed by atoms with E-state index in [0.29, 0.717) is 57.5 Å². The molecule has 84 valence electrons. The van der Waals surface area contributed by atoms with E-state index in [1.807, 2.05) is 0 Å². The first-order valence-corrected chi connectivity index (χ1v) is 5.31. The molecule has 1 saturated carbocycles. The number of hydrogen-bond donors (Lipinski definition) is 0. The van der Waals surface area contributed by atoms with Gasteiger partial charge in [-0.1, -0.05) is 0 Å². The van der Waals surface area contributed by atoms with Crippen LogP contribution in [0.25, 0.3) is 0 Å². The standard InChI is InChI=1S/C6H8O2.C5H8O2/c7-5-1-2-6(8)4-3-5;6-5-1-3-7-4-2-5/h1-4H2;1-4H2. The second kappa shape index (κ2) is 6.45. The van der Waals surface area contributed by atoms with Crippen LogP contribution in [0.2, 0.25) is 0 Å². The normalized spacial score (nSPS) is 22.0. The van der Waals surface area contributed by atoms with Crippen LogP contribution in [0.1, 0.15) is 38.5 Å². The van der Waals surface area contributed by atoms with Crippen LogP contribution in [0.5, 0.6) is 0 Å². The van der Waals surface area contributed by atoms with E-state index in [9.17, 15) is 14.4 Å². The number of rotatable bonds is 0. The Balaban J connectivity index is 0.000000151. The summed E-state index contributed by atoms with van der Waals surface area (Å²) in [5, 5.41) is 0. The van der Waals surface area contributed by atoms with E-state index in [4.69, 9.17) is 4.74 Å². The van der Waals surface area contributed by atoms with E-state index in [2.05, 4.69) is 0 Å². The van der Waals surface area contributed by atoms with E-state index in [1.54, 1.807) is 0 Å². The van der Waals surface area contributed by atoms with Crippen LogP contribution in [-0.4, -0.2) is 30.6 Å². The van der Waals surface area contributed by atoms with Crippen molar-refractivity contribution >= 4 is 17.3 Å². The minimum atomic E-state index is 0.240. The van der Waals surface area contributed by atoms with E-state index >= 15 is 0 Å². The fourth-order valence-corrected chi connectivity index (χ4v) is 1.41. The van der Waals surface area contributed by atoms with Gasteiger partial charge in [-0.25, -0.2) is 0 Å². The third-order valence-corrected chi connectivity index (χ3v) is 2.42. The van der Waals surface area contributed by atoms with E-state index in [-0.39, 0.29) is 11.6 Å². The van der Waals surface area contributed by atoms with Gasteiger partial charge in [0.05, 0.1) is 13.2 Å². The second-order valence-electron chi connectivity index (χ2n) is 3.73. The lowest BCUT2D eigenvalue weighted by molar-refractivity contribution is -0.128. The maximum Gasteiger partial charge on any atom is 0.137 e. The van der Waals surface area contributed by atoms with Crippen molar-refractivity contribution in [3.8, 4) is 0 Å². The van der Waals surface area contributed by atoms with E-state index < -0.39 is 0 Å². The van der Waals surface area contributed by atoms with E-state index in [1.165, 1.54) is 0 Å². The van der Waals surface area contributed by atoms with Gasteiger partial charge >= 0.3 is 0 Å². The Labute approximate surface area is 89.0 Å². The molecule has 0 aromatic carbocycles. The number of ketones is 3. The zero-order valence-electron chi connectivity index (χ0n) is 8.79. The van der Waals surface area contributed by atoms with Gasteiger partial charge in [-0.15, -0.1) is 0 Å². The molecule has 0 amide bonds. The molecule has 15 heavy (non-hydrogen) atoms. The molecule has 4 nitrogen and oxygen atoms in total. The molecule has 2 fully saturated rings. The molecule has 1 saturated heterocycles. The van der Waals surface area contributed by atoms with Crippen molar-refractivity contribution in [3.05, 3.63) is 0 Å². The predicted octanol–water partition coefficient (Wildman–Crippen LogP) is 1.06. The van der Waals surface area contributed by atoms with Gasteiger partial charge in [-0.2, -0.15) is 0 Å². The van der Waals surface area contributed by atoms with Crippen LogP contribution >= 0.6 is 0 Å². The van der Waals surface area contributed by atoms with Crippen molar-refractivity contribution < 1.29 is 19.1 Å². The SMILES string of the molecule is O=C1CCC(=O)CC1.O=C1CCOCC1. The van der Waals surface area contributed by atoms with Crippen molar-refractivity contribution in [2.24, 2.45) is 0 Å². The minimum absolute atomic E-state index is 0.240. The van der Waals surface area contributed by atoms with Gasteiger partial charge in [0.25, 0.3) is 0 Å². The van der Waals surface area contributed by atoms with Gasteiger partial charge in [-0.05, 0) is 0 Å². The van der Waals surface area contributed by atoms with Gasteiger partial charge < -0.3 is 4.74 Å². The highest BCUT2D eigenvalue weighted by molar-refractivity contribution is 5.92. The van der Waals surface area contributed by atoms with Gasteiger partial charge in [0.15, 0.2) is 0 Å². The Bertz CT molecular complexity index is 221. The fraction of sp³-hybridized carbons (Fsp3) is 0.727. The van der Waals surface area contributed by atoms with Crippen molar-refractivity contribution in [2.45, 2.75) is 38.5 Å². The van der Waals surface area contributed by atoms with Crippen LogP contribution in [0, 0.1) is 0 Å². The molecule has 0 aromatic heterocycles. The number of Topliss-reactive ketones (excluding diaryl/α,β-unsaturated/α-hetero) is 3. The van der Waals surface area contributed by atoms with Crippen molar-refractivity contribution in [1.82, 2.24) is 0 Å². The lowest BCUT2D eigenvalue weighted by Gasteiger charge is -2.07. The number of carbonyl (C=O) groups excluding carboxylic acids is 3. The molecule has 1 aliphatic heterocycles. The van der Waals surface area contributed by atoms with Crippen LogP contribution in [0.15, 0.2) is 0 Å². The summed E-state index contributed by atoms with van der Waals surface area (Å²) in [5.74, 6) is 0.820. The Morgan fingerprint density at radius 1 is 0.600 bits per heavy atom. The monoisotopic (exact) mass is 212 g/mol. The summed E-state index contributed by atoms with van der Waals surface area (Å²) in [6.45, 7) is 1.28. The molecule has 0 N–H and O–H groups in total. The molecule has 0 bridgehead atoms. The maximum atomic E-state index is 10.5. The highest BCUT2D eigenvalue weighted by Crippen LogP contribution is 2.09. The van der Waals surface area contributed by atoms with Crippen LogP contribution < -0.4 is 0 Å². The first-order chi connectivity index (χ1) is 7.18. The van der Waals surface area contributed by atoms with Gasteiger partial charge in [0.1, 0.15) is 17.3 Å². The molecule has 2 aliphatic rings. The predicted molar refractivity (Wildman–Crippen MR) is 53.5 cm³/mol. The molecule has 1 aliphatic carbocycles. The molecule has 2 rings (SSSR count). The molecule has 0 atom stereocenters. The minimum Gasteiger partial charge on any atom is -0.381 e. The summed E-state index contributed by atoms with van der Waals surface area (Å²) in [6.07, 6.45) is 3.19. The van der Waals surface area contributed by atoms with Crippen LogP contribution in [-0.2, 0) is 19.1 Å². The fourth-order valence-electron chi connectivity index (χ4n) is 1.41. The van der Waals surface area contributed by atoms with Crippen LogP contribution in [0.4, 0.5) is 0 Å². The number of hydrogen-bond acceptors (Lipinski definition) is 4. The molecule has 0 radical (unpaired) electrons. The summed E-state index contributed by atoms with van der Waals surface area (Å²) in [4.78, 5) is 31.3. The zero-order chi connectivity index (χ0) is 11.1. The number of ether oxygens (including phenoxy) is 1. The Hall–Kier alpha value is -1.03. The van der Waals surface area contributed by atoms with Crippen molar-refractivity contribution in [2.75, 3.05) is 13.2 Å². The molecule has 0 unspecified atom stereocenters. The third kappa shape index (κ3) is 5.42. The summed E-state index contributed by atoms with van der Waals surface area (Å²) >= 11 is 0. The first kappa shape index (κ1) is 12.0. The zero-order valence-corrected chi connectivity index (χ0v) is 8.79. The summed E-state index contributed by atoms with van der Waals surface area (Å²) in [7, 11) is 0. The molecule has 0 spiro atoms.